The highest BCUT2D eigenvalue weighted by molar-refractivity contribution is 6.07. The lowest BCUT2D eigenvalue weighted by atomic mass is 9.70. The Bertz CT molecular complexity index is 557. The minimum Gasteiger partial charge on any atom is -0.493 e. The molecule has 0 amide bonds. The fraction of sp³-hybridized carbons (Fsp3) is 0.632. The summed E-state index contributed by atoms with van der Waals surface area (Å²) in [5, 5.41) is 8.71. The van der Waals surface area contributed by atoms with E-state index in [9.17, 15) is 0 Å². The Morgan fingerprint density at radius 2 is 2.00 bits per heavy atom. The van der Waals surface area contributed by atoms with E-state index in [-0.39, 0.29) is 5.41 Å². The Morgan fingerprint density at radius 1 is 1.27 bits per heavy atom. The number of ether oxygens (including phenoxy) is 2. The van der Waals surface area contributed by atoms with Crippen molar-refractivity contribution >= 4 is 5.71 Å². The van der Waals surface area contributed by atoms with E-state index in [1.165, 1.54) is 5.56 Å². The zero-order valence-corrected chi connectivity index (χ0v) is 13.9. The summed E-state index contributed by atoms with van der Waals surface area (Å²) < 4.78 is 11.3. The monoisotopic (exact) mass is 301 g/mol. The molecule has 1 fully saturated rings. The van der Waals surface area contributed by atoms with E-state index in [0.717, 1.165) is 55.7 Å². The maximum absolute atomic E-state index is 8.71. The Balaban J connectivity index is 1.76. The molecule has 0 bridgehead atoms. The molecule has 2 aliphatic carbocycles. The number of rotatable bonds is 4. The second kappa shape index (κ2) is 6.04. The van der Waals surface area contributed by atoms with Gasteiger partial charge in [-0.1, -0.05) is 19.9 Å². The molecule has 1 N–H and O–H groups in total. The summed E-state index contributed by atoms with van der Waals surface area (Å²) in [5.41, 5.74) is 3.30. The number of fused-ring (bicyclic) bond motifs is 1. The average Bonchev–Trinajstić information content (AvgIpc) is 2.79. The summed E-state index contributed by atoms with van der Waals surface area (Å²) in [6.07, 6.45) is 5.68. The summed E-state index contributed by atoms with van der Waals surface area (Å²) in [4.78, 5) is 0. The highest BCUT2D eigenvalue weighted by Crippen LogP contribution is 2.48. The molecule has 0 unspecified atom stereocenters. The second-order valence-electron chi connectivity index (χ2n) is 7.29. The topological polar surface area (TPSA) is 42.3 Å². The molecule has 0 radical (unpaired) electrons. The third-order valence-corrected chi connectivity index (χ3v) is 5.22. The lowest BCUT2D eigenvalue weighted by Gasteiger charge is -2.36. The molecule has 0 atom stereocenters. The molecule has 0 aliphatic heterocycles. The molecule has 1 saturated carbocycles. The number of hydrogen-bond donors (Lipinski definition) is 1. The smallest absolute Gasteiger partial charge is 0.119 e. The van der Waals surface area contributed by atoms with E-state index >= 15 is 0 Å². The molecule has 1 spiro atoms. The summed E-state index contributed by atoms with van der Waals surface area (Å²) in [5.74, 6) is 1.42. The quantitative estimate of drug-likeness (QED) is 0.904. The molecular formula is C19H27NO2. The Labute approximate surface area is 133 Å². The summed E-state index contributed by atoms with van der Waals surface area (Å²) in [6, 6.07) is 6.31. The van der Waals surface area contributed by atoms with Gasteiger partial charge in [0.05, 0.1) is 12.7 Å². The van der Waals surface area contributed by atoms with Gasteiger partial charge in [0.25, 0.3) is 0 Å². The van der Waals surface area contributed by atoms with Crippen LogP contribution in [0.25, 0.3) is 0 Å². The van der Waals surface area contributed by atoms with Crippen LogP contribution in [0.5, 0.6) is 5.75 Å². The summed E-state index contributed by atoms with van der Waals surface area (Å²) >= 11 is 0. The molecule has 0 heterocycles. The van der Waals surface area contributed by atoms with E-state index in [0.29, 0.717) is 12.0 Å². The molecular weight excluding hydrogens is 274 g/mol. The third-order valence-electron chi connectivity index (χ3n) is 5.22. The van der Waals surface area contributed by atoms with Crippen LogP contribution in [0.3, 0.4) is 0 Å². The SMILES string of the molecule is COC1CCC2(CC1)Cc1ccc(OCC(C)C)cc1C2=N. The van der Waals surface area contributed by atoms with E-state index in [2.05, 4.69) is 32.0 Å². The van der Waals surface area contributed by atoms with Gasteiger partial charge in [0.1, 0.15) is 5.75 Å². The third kappa shape index (κ3) is 2.79. The fourth-order valence-electron chi connectivity index (χ4n) is 3.84. The predicted molar refractivity (Wildman–Crippen MR) is 89.0 cm³/mol. The van der Waals surface area contributed by atoms with Gasteiger partial charge < -0.3 is 14.9 Å². The van der Waals surface area contributed by atoms with Gasteiger partial charge in [-0.2, -0.15) is 0 Å². The van der Waals surface area contributed by atoms with Crippen LogP contribution in [0.4, 0.5) is 0 Å². The van der Waals surface area contributed by atoms with E-state index in [1.54, 1.807) is 7.11 Å². The molecule has 3 nitrogen and oxygen atoms in total. The molecule has 3 heteroatoms. The first-order chi connectivity index (χ1) is 10.5. The van der Waals surface area contributed by atoms with Crippen molar-refractivity contribution in [2.75, 3.05) is 13.7 Å². The highest BCUT2D eigenvalue weighted by atomic mass is 16.5. The normalized spacial score (nSPS) is 27.5. The van der Waals surface area contributed by atoms with Crippen LogP contribution in [0, 0.1) is 16.7 Å². The van der Waals surface area contributed by atoms with E-state index in [4.69, 9.17) is 14.9 Å². The van der Waals surface area contributed by atoms with Crippen molar-refractivity contribution in [1.82, 2.24) is 0 Å². The largest absolute Gasteiger partial charge is 0.493 e. The van der Waals surface area contributed by atoms with Gasteiger partial charge in [-0.05, 0) is 55.7 Å². The van der Waals surface area contributed by atoms with Crippen molar-refractivity contribution in [2.45, 2.75) is 52.1 Å². The maximum atomic E-state index is 8.71. The van der Waals surface area contributed by atoms with Crippen molar-refractivity contribution in [1.29, 1.82) is 5.41 Å². The number of benzene rings is 1. The molecule has 1 aromatic carbocycles. The van der Waals surface area contributed by atoms with Gasteiger partial charge in [0.2, 0.25) is 0 Å². The predicted octanol–water partition coefficient (Wildman–Crippen LogP) is 4.22. The zero-order chi connectivity index (χ0) is 15.7. The van der Waals surface area contributed by atoms with E-state index < -0.39 is 0 Å². The fourth-order valence-corrected chi connectivity index (χ4v) is 3.84. The average molecular weight is 301 g/mol. The number of methoxy groups -OCH3 is 1. The van der Waals surface area contributed by atoms with Crippen LogP contribution in [-0.4, -0.2) is 25.5 Å². The lowest BCUT2D eigenvalue weighted by molar-refractivity contribution is 0.0467. The first-order valence-electron chi connectivity index (χ1n) is 8.42. The van der Waals surface area contributed by atoms with E-state index in [1.807, 2.05) is 0 Å². The molecule has 2 aliphatic rings. The maximum Gasteiger partial charge on any atom is 0.119 e. The second-order valence-corrected chi connectivity index (χ2v) is 7.29. The van der Waals surface area contributed by atoms with Crippen molar-refractivity contribution in [3.63, 3.8) is 0 Å². The van der Waals surface area contributed by atoms with Crippen LogP contribution >= 0.6 is 0 Å². The highest BCUT2D eigenvalue weighted by Gasteiger charge is 2.44. The van der Waals surface area contributed by atoms with Crippen LogP contribution < -0.4 is 4.74 Å². The molecule has 1 aromatic rings. The Morgan fingerprint density at radius 3 is 2.64 bits per heavy atom. The minimum atomic E-state index is 0.0496. The van der Waals surface area contributed by atoms with Gasteiger partial charge in [0, 0.05) is 23.8 Å². The van der Waals surface area contributed by atoms with Crippen molar-refractivity contribution < 1.29 is 9.47 Å². The first kappa shape index (κ1) is 15.5. The lowest BCUT2D eigenvalue weighted by Crippen LogP contribution is -2.35. The molecule has 22 heavy (non-hydrogen) atoms. The van der Waals surface area contributed by atoms with Crippen LogP contribution in [0.2, 0.25) is 0 Å². The Hall–Kier alpha value is -1.35. The first-order valence-corrected chi connectivity index (χ1v) is 8.42. The van der Waals surface area contributed by atoms with Gasteiger partial charge in [-0.3, -0.25) is 0 Å². The summed E-state index contributed by atoms with van der Waals surface area (Å²) in [6.45, 7) is 5.03. The molecule has 120 valence electrons. The van der Waals surface area contributed by atoms with Gasteiger partial charge in [-0.15, -0.1) is 0 Å². The molecule has 0 aromatic heterocycles. The van der Waals surface area contributed by atoms with Crippen molar-refractivity contribution in [3.05, 3.63) is 29.3 Å². The molecule has 3 rings (SSSR count). The number of hydrogen-bond acceptors (Lipinski definition) is 3. The number of nitrogens with one attached hydrogen (secondary N) is 1. The van der Waals surface area contributed by atoms with Crippen molar-refractivity contribution in [3.8, 4) is 5.75 Å². The van der Waals surface area contributed by atoms with Crippen LogP contribution in [-0.2, 0) is 11.2 Å². The van der Waals surface area contributed by atoms with Crippen LogP contribution in [0.15, 0.2) is 18.2 Å². The Kier molecular flexibility index (Phi) is 4.26. The van der Waals surface area contributed by atoms with Gasteiger partial charge >= 0.3 is 0 Å². The van der Waals surface area contributed by atoms with Gasteiger partial charge in [-0.25, -0.2) is 0 Å². The molecule has 0 saturated heterocycles. The standard InChI is InChI=1S/C19H27NO2/c1-13(2)12-22-16-5-4-14-11-19(18(20)17(14)10-16)8-6-15(21-3)7-9-19/h4-5,10,13,15,20H,6-9,11-12H2,1-3H3. The van der Waals surface area contributed by atoms with Crippen LogP contribution in [0.1, 0.15) is 50.7 Å². The van der Waals surface area contributed by atoms with Gasteiger partial charge in [0.15, 0.2) is 0 Å². The summed E-state index contributed by atoms with van der Waals surface area (Å²) in [7, 11) is 1.80. The minimum absolute atomic E-state index is 0.0496. The van der Waals surface area contributed by atoms with Crippen molar-refractivity contribution in [2.24, 2.45) is 11.3 Å². The zero-order valence-electron chi connectivity index (χ0n) is 13.9.